The Balaban J connectivity index is 0.000000215. The van der Waals surface area contributed by atoms with Crippen LogP contribution in [0.15, 0.2) is 159 Å². The van der Waals surface area contributed by atoms with Gasteiger partial charge in [-0.1, -0.05) is 0 Å². The van der Waals surface area contributed by atoms with Gasteiger partial charge < -0.3 is 10.3 Å². The molecule has 5 rings (SSSR count). The standard InChI is InChI=1S/C24H20As.C14H7N8/c1-5-13-21(14-6-1)25(22-15-7-2-8-16-22,23-17-9-3-10-18-23)24-19-11-4-12-20-24;1-22(2)8-20-14-12(7-19)11(6-18)13(21-14)10(5-17)9(3-15)4-16/h1-20H;8H,1-2H3/q+1;-1/b;13-10-,20-8?. The van der Waals surface area contributed by atoms with Crippen LogP contribution in [0.4, 0.5) is 0 Å². The van der Waals surface area contributed by atoms with Crippen LogP contribution in [0.3, 0.4) is 0 Å². The van der Waals surface area contributed by atoms with E-state index in [4.69, 9.17) is 21.2 Å². The van der Waals surface area contributed by atoms with E-state index in [-0.39, 0.29) is 28.3 Å². The van der Waals surface area contributed by atoms with Crippen molar-refractivity contribution in [2.75, 3.05) is 14.1 Å². The minimum atomic E-state index is -2.77. The van der Waals surface area contributed by atoms with Crippen LogP contribution >= 0.6 is 0 Å². The molecule has 4 aromatic carbocycles. The monoisotopic (exact) mass is 670 g/mol. The fourth-order valence-electron chi connectivity index (χ4n) is 4.97. The van der Waals surface area contributed by atoms with Crippen LogP contribution in [0, 0.1) is 45.3 Å². The molecule has 0 atom stereocenters. The molecule has 0 radical (unpaired) electrons. The van der Waals surface area contributed by atoms with Crippen molar-refractivity contribution in [3.8, 4) is 24.3 Å². The van der Waals surface area contributed by atoms with Crippen molar-refractivity contribution in [2.24, 2.45) is 9.98 Å². The third-order valence-corrected chi connectivity index (χ3v) is 16.0. The zero-order valence-corrected chi connectivity index (χ0v) is 27.5. The Morgan fingerprint density at radius 1 is 0.660 bits per heavy atom. The summed E-state index contributed by atoms with van der Waals surface area (Å²) < 4.78 is 5.79. The van der Waals surface area contributed by atoms with E-state index in [9.17, 15) is 5.26 Å². The molecule has 1 aliphatic rings. The summed E-state index contributed by atoms with van der Waals surface area (Å²) in [6, 6.07) is 51.0. The number of nitrogens with zero attached hydrogens (tertiary/aromatic N) is 8. The predicted molar refractivity (Wildman–Crippen MR) is 188 cm³/mol. The number of hydrogen-bond donors (Lipinski definition) is 0. The maximum absolute atomic E-state index is 9.19. The van der Waals surface area contributed by atoms with Crippen molar-refractivity contribution in [1.82, 2.24) is 4.90 Å². The van der Waals surface area contributed by atoms with Crippen LogP contribution in [0.5, 0.6) is 0 Å². The van der Waals surface area contributed by atoms with E-state index in [0.717, 1.165) is 0 Å². The fourth-order valence-corrected chi connectivity index (χ4v) is 13.9. The zero-order valence-electron chi connectivity index (χ0n) is 25.6. The van der Waals surface area contributed by atoms with E-state index in [1.54, 1.807) is 49.1 Å². The summed E-state index contributed by atoms with van der Waals surface area (Å²) in [4.78, 5) is 9.51. The molecule has 0 fully saturated rings. The third-order valence-electron chi connectivity index (χ3n) is 6.96. The van der Waals surface area contributed by atoms with Gasteiger partial charge in [0.05, 0.1) is 11.9 Å². The number of hydrogen-bond acceptors (Lipinski definition) is 6. The Morgan fingerprint density at radius 3 is 1.36 bits per heavy atom. The van der Waals surface area contributed by atoms with E-state index in [1.165, 1.54) is 23.7 Å². The fraction of sp³-hybridized carbons (Fsp3) is 0.0526. The summed E-state index contributed by atoms with van der Waals surface area (Å²) in [5, 5.41) is 45.2. The van der Waals surface area contributed by atoms with Crippen molar-refractivity contribution in [3.05, 3.63) is 155 Å². The first-order valence-electron chi connectivity index (χ1n) is 14.2. The molecule has 1 heterocycles. The van der Waals surface area contributed by atoms with Crippen molar-refractivity contribution >= 4 is 49.0 Å². The Kier molecular flexibility index (Phi) is 11.3. The second-order valence-electron chi connectivity index (χ2n) is 10.1. The summed E-state index contributed by atoms with van der Waals surface area (Å²) in [5.41, 5.74) is -1.33. The molecule has 4 aromatic rings. The molecule has 8 nitrogen and oxygen atoms in total. The van der Waals surface area contributed by atoms with Crippen LogP contribution in [-0.4, -0.2) is 50.6 Å². The number of benzene rings is 4. The van der Waals surface area contributed by atoms with Gasteiger partial charge in [-0.3, -0.25) is 0 Å². The summed E-state index contributed by atoms with van der Waals surface area (Å²) in [5.74, 6) is 1.52. The molecule has 0 saturated carbocycles. The molecule has 9 heteroatoms. The van der Waals surface area contributed by atoms with Gasteiger partial charge in [0, 0.05) is 14.1 Å². The molecular weight excluding hydrogens is 643 g/mol. The Labute approximate surface area is 277 Å². The van der Waals surface area contributed by atoms with Gasteiger partial charge in [-0.05, 0) is 0 Å². The molecule has 1 aliphatic heterocycles. The molecule has 0 aliphatic carbocycles. The van der Waals surface area contributed by atoms with Gasteiger partial charge >= 0.3 is 152 Å². The summed E-state index contributed by atoms with van der Waals surface area (Å²) in [6.07, 6.45) is 1.37. The predicted octanol–water partition coefficient (Wildman–Crippen LogP) is 3.86. The normalized spacial score (nSPS) is 13.0. The molecular formula is C38H27AsN8. The van der Waals surface area contributed by atoms with Gasteiger partial charge in [0.25, 0.3) is 0 Å². The summed E-state index contributed by atoms with van der Waals surface area (Å²) in [6.45, 7) is 0. The zero-order chi connectivity index (χ0) is 33.6. The SMILES string of the molecule is CN(C)C=NC1=N/C(=C(/C#N)C(=C=[N-])C#N)C(C#N)=C1C#N.c1ccc([As+](c2ccccc2)(c2ccccc2)c2ccccc2)cc1. The van der Waals surface area contributed by atoms with Crippen LogP contribution in [0.2, 0.25) is 0 Å². The van der Waals surface area contributed by atoms with E-state index < -0.39 is 19.1 Å². The number of rotatable bonds is 6. The molecule has 0 amide bonds. The van der Waals surface area contributed by atoms with Crippen LogP contribution in [0.25, 0.3) is 5.41 Å². The van der Waals surface area contributed by atoms with Gasteiger partial charge in [-0.25, -0.2) is 15.9 Å². The van der Waals surface area contributed by atoms with E-state index in [1.807, 2.05) is 0 Å². The third kappa shape index (κ3) is 7.08. The Bertz CT molecular complexity index is 1920. The first-order chi connectivity index (χ1) is 23.0. The number of aliphatic imine (C=N–C) groups is 2. The van der Waals surface area contributed by atoms with E-state index in [2.05, 4.69) is 131 Å². The maximum atomic E-state index is 9.19. The first-order valence-corrected chi connectivity index (χ1v) is 18.0. The minimum absolute atomic E-state index is 0.0503. The second-order valence-corrected chi connectivity index (χ2v) is 17.2. The van der Waals surface area contributed by atoms with Crippen molar-refractivity contribution in [3.63, 3.8) is 0 Å². The topological polar surface area (TPSA) is 145 Å². The van der Waals surface area contributed by atoms with E-state index >= 15 is 0 Å². The molecule has 0 saturated heterocycles. The number of amidine groups is 1. The van der Waals surface area contributed by atoms with E-state index in [0.29, 0.717) is 0 Å². The Hall–Kier alpha value is -6.53. The average molecular weight is 671 g/mol. The van der Waals surface area contributed by atoms with Crippen molar-refractivity contribution in [1.29, 1.82) is 21.0 Å². The van der Waals surface area contributed by atoms with Crippen molar-refractivity contribution < 1.29 is 0 Å². The molecule has 0 spiro atoms. The molecule has 0 aromatic heterocycles. The van der Waals surface area contributed by atoms with Gasteiger partial charge in [0.1, 0.15) is 46.7 Å². The number of nitriles is 4. The molecule has 47 heavy (non-hydrogen) atoms. The molecule has 224 valence electrons. The second kappa shape index (κ2) is 16.0. The molecule has 0 N–H and O–H groups in total. The van der Waals surface area contributed by atoms with Gasteiger partial charge in [-0.15, -0.1) is 0 Å². The van der Waals surface area contributed by atoms with Gasteiger partial charge in [0.15, 0.2) is 5.84 Å². The summed E-state index contributed by atoms with van der Waals surface area (Å²) in [7, 11) is 3.41. The van der Waals surface area contributed by atoms with Crippen LogP contribution < -0.4 is 17.4 Å². The number of allylic oxidation sites excluding steroid dienone is 3. The Morgan fingerprint density at radius 2 is 1.06 bits per heavy atom. The van der Waals surface area contributed by atoms with Gasteiger partial charge in [-0.2, -0.15) is 21.0 Å². The van der Waals surface area contributed by atoms with Crippen LogP contribution in [0.1, 0.15) is 0 Å². The first kappa shape index (κ1) is 33.4. The summed E-state index contributed by atoms with van der Waals surface area (Å²) >= 11 is -2.77. The van der Waals surface area contributed by atoms with Crippen LogP contribution in [-0.2, 0) is 0 Å². The molecule has 0 bridgehead atoms. The van der Waals surface area contributed by atoms with Crippen molar-refractivity contribution in [2.45, 2.75) is 0 Å². The van der Waals surface area contributed by atoms with Gasteiger partial charge in [0.2, 0.25) is 0 Å². The quantitative estimate of drug-likeness (QED) is 0.132. The molecule has 0 unspecified atom stereocenters. The average Bonchev–Trinajstić information content (AvgIpc) is 3.49.